The normalized spacial score (nSPS) is 17.3. The summed E-state index contributed by atoms with van der Waals surface area (Å²) in [6.45, 7) is 3.38. The molecule has 0 radical (unpaired) electrons. The largest absolute Gasteiger partial charge is 0.454 e. The van der Waals surface area contributed by atoms with Crippen molar-refractivity contribution in [3.63, 3.8) is 0 Å². The molecule has 1 aliphatic rings. The van der Waals surface area contributed by atoms with E-state index in [0.717, 1.165) is 22.4 Å². The van der Waals surface area contributed by atoms with E-state index >= 15 is 0 Å². The lowest BCUT2D eigenvalue weighted by Gasteiger charge is -2.24. The lowest BCUT2D eigenvalue weighted by Crippen LogP contribution is -2.19. The summed E-state index contributed by atoms with van der Waals surface area (Å²) >= 11 is 0. The number of ketones is 1. The third-order valence-electron chi connectivity index (χ3n) is 3.38. The molecule has 0 bridgehead atoms. The summed E-state index contributed by atoms with van der Waals surface area (Å²) in [5.74, 6) is -0.500. The average Bonchev–Trinajstić information content (AvgIpc) is 2.44. The molecule has 0 saturated heterocycles. The van der Waals surface area contributed by atoms with Crippen LogP contribution >= 0.6 is 0 Å². The Morgan fingerprint density at radius 2 is 2.00 bits per heavy atom. The molecule has 19 heavy (non-hydrogen) atoms. The van der Waals surface area contributed by atoms with E-state index in [-0.39, 0.29) is 12.2 Å². The molecule has 0 aliphatic heterocycles. The first-order valence-electron chi connectivity index (χ1n) is 6.08. The van der Waals surface area contributed by atoms with E-state index in [1.165, 1.54) is 0 Å². The van der Waals surface area contributed by atoms with Crippen LogP contribution in [0.4, 0.5) is 0 Å². The van der Waals surface area contributed by atoms with Crippen molar-refractivity contribution in [1.29, 1.82) is 0 Å². The minimum atomic E-state index is -0.517. The van der Waals surface area contributed by atoms with E-state index in [1.807, 2.05) is 36.4 Å². The van der Waals surface area contributed by atoms with Crippen LogP contribution < -0.4 is 0 Å². The van der Waals surface area contributed by atoms with Crippen LogP contribution in [0.2, 0.25) is 0 Å². The molecule has 0 aromatic heterocycles. The second-order valence-corrected chi connectivity index (χ2v) is 4.51. The van der Waals surface area contributed by atoms with E-state index in [4.69, 9.17) is 4.74 Å². The highest BCUT2D eigenvalue weighted by atomic mass is 16.5. The highest BCUT2D eigenvalue weighted by molar-refractivity contribution is 6.11. The summed E-state index contributed by atoms with van der Waals surface area (Å²) in [7, 11) is 0. The third kappa shape index (κ3) is 1.83. The highest BCUT2D eigenvalue weighted by Crippen LogP contribution is 2.37. The number of carbonyl (C=O) groups excluding carboxylic acids is 2. The molecule has 3 rings (SSSR count). The number of ether oxygens (including phenoxy) is 1. The first-order chi connectivity index (χ1) is 9.20. The number of hydrogen-bond donors (Lipinski definition) is 0. The van der Waals surface area contributed by atoms with Gasteiger partial charge in [-0.3, -0.25) is 4.79 Å². The SMILES string of the molecule is C=CC(=O)OC1CC(=O)c2cccc3cccc1c23. The van der Waals surface area contributed by atoms with Crippen LogP contribution in [0, 0.1) is 0 Å². The van der Waals surface area contributed by atoms with Crippen molar-refractivity contribution in [2.24, 2.45) is 0 Å². The van der Waals surface area contributed by atoms with Gasteiger partial charge >= 0.3 is 5.97 Å². The lowest BCUT2D eigenvalue weighted by atomic mass is 9.86. The Balaban J connectivity index is 2.20. The smallest absolute Gasteiger partial charge is 0.330 e. The van der Waals surface area contributed by atoms with Crippen molar-refractivity contribution in [2.45, 2.75) is 12.5 Å². The molecular weight excluding hydrogens is 240 g/mol. The van der Waals surface area contributed by atoms with Crippen LogP contribution in [0.5, 0.6) is 0 Å². The standard InChI is InChI=1S/C16H12O3/c1-2-15(18)19-14-9-13(17)11-7-3-5-10-6-4-8-12(14)16(10)11/h2-8,14H,1,9H2. The van der Waals surface area contributed by atoms with Gasteiger partial charge in [0, 0.05) is 17.2 Å². The van der Waals surface area contributed by atoms with Crippen molar-refractivity contribution < 1.29 is 14.3 Å². The topological polar surface area (TPSA) is 43.4 Å². The predicted molar refractivity (Wildman–Crippen MR) is 71.9 cm³/mol. The van der Waals surface area contributed by atoms with E-state index in [1.54, 1.807) is 0 Å². The van der Waals surface area contributed by atoms with E-state index in [2.05, 4.69) is 6.58 Å². The fourth-order valence-electron chi connectivity index (χ4n) is 2.55. The Kier molecular flexibility index (Phi) is 2.67. The highest BCUT2D eigenvalue weighted by Gasteiger charge is 2.29. The second-order valence-electron chi connectivity index (χ2n) is 4.51. The molecule has 94 valence electrons. The first-order valence-corrected chi connectivity index (χ1v) is 6.08. The van der Waals surface area contributed by atoms with Gasteiger partial charge in [-0.25, -0.2) is 4.79 Å². The summed E-state index contributed by atoms with van der Waals surface area (Å²) in [6, 6.07) is 11.4. The number of esters is 1. The van der Waals surface area contributed by atoms with Gasteiger partial charge < -0.3 is 4.74 Å². The van der Waals surface area contributed by atoms with Gasteiger partial charge in [0.15, 0.2) is 5.78 Å². The summed E-state index contributed by atoms with van der Waals surface area (Å²) in [5.41, 5.74) is 1.60. The molecule has 0 spiro atoms. The van der Waals surface area contributed by atoms with Crippen molar-refractivity contribution in [1.82, 2.24) is 0 Å². The third-order valence-corrected chi connectivity index (χ3v) is 3.38. The number of carbonyl (C=O) groups is 2. The second kappa shape index (κ2) is 4.35. The monoisotopic (exact) mass is 252 g/mol. The molecule has 2 aromatic rings. The number of Topliss-reactive ketones (excluding diaryl/α,β-unsaturated/α-hetero) is 1. The van der Waals surface area contributed by atoms with Crippen molar-refractivity contribution in [3.05, 3.63) is 60.2 Å². The molecule has 0 fully saturated rings. The predicted octanol–water partition coefficient (Wildman–Crippen LogP) is 3.20. The Labute approximate surface area is 110 Å². The zero-order valence-electron chi connectivity index (χ0n) is 10.3. The zero-order valence-corrected chi connectivity index (χ0v) is 10.3. The van der Waals surface area contributed by atoms with Gasteiger partial charge in [0.2, 0.25) is 0 Å². The van der Waals surface area contributed by atoms with Gasteiger partial charge in [0.05, 0.1) is 6.42 Å². The Hall–Kier alpha value is -2.42. The van der Waals surface area contributed by atoms with Gasteiger partial charge in [-0.15, -0.1) is 0 Å². The molecule has 1 unspecified atom stereocenters. The minimum absolute atomic E-state index is 0.00571. The van der Waals surface area contributed by atoms with Crippen LogP contribution in [-0.2, 0) is 9.53 Å². The fourth-order valence-corrected chi connectivity index (χ4v) is 2.55. The molecule has 0 saturated carbocycles. The summed E-state index contributed by atoms with van der Waals surface area (Å²) in [6.07, 6.45) is 0.789. The molecule has 0 N–H and O–H groups in total. The quantitative estimate of drug-likeness (QED) is 0.609. The van der Waals surface area contributed by atoms with E-state index in [0.29, 0.717) is 5.56 Å². The summed E-state index contributed by atoms with van der Waals surface area (Å²) in [4.78, 5) is 23.5. The van der Waals surface area contributed by atoms with Crippen LogP contribution in [0.15, 0.2) is 49.1 Å². The number of hydrogen-bond acceptors (Lipinski definition) is 3. The molecule has 2 aromatic carbocycles. The molecule has 3 heteroatoms. The maximum atomic E-state index is 12.1. The maximum Gasteiger partial charge on any atom is 0.330 e. The van der Waals surface area contributed by atoms with E-state index < -0.39 is 12.1 Å². The Morgan fingerprint density at radius 1 is 1.26 bits per heavy atom. The van der Waals surface area contributed by atoms with Crippen LogP contribution in [0.3, 0.4) is 0 Å². The van der Waals surface area contributed by atoms with Gasteiger partial charge in [0.25, 0.3) is 0 Å². The molecule has 1 aliphatic carbocycles. The van der Waals surface area contributed by atoms with Crippen LogP contribution in [0.1, 0.15) is 28.4 Å². The van der Waals surface area contributed by atoms with Gasteiger partial charge in [-0.2, -0.15) is 0 Å². The van der Waals surface area contributed by atoms with Crippen LogP contribution in [-0.4, -0.2) is 11.8 Å². The van der Waals surface area contributed by atoms with E-state index in [9.17, 15) is 9.59 Å². The zero-order chi connectivity index (χ0) is 13.4. The fraction of sp³-hybridized carbons (Fsp3) is 0.125. The molecule has 3 nitrogen and oxygen atoms in total. The molecule has 0 heterocycles. The number of rotatable bonds is 2. The molecule has 1 atom stereocenters. The average molecular weight is 252 g/mol. The minimum Gasteiger partial charge on any atom is -0.454 e. The van der Waals surface area contributed by atoms with Crippen molar-refractivity contribution in [2.75, 3.05) is 0 Å². The Bertz CT molecular complexity index is 695. The summed E-state index contributed by atoms with van der Waals surface area (Å²) in [5, 5.41) is 1.88. The van der Waals surface area contributed by atoms with Gasteiger partial charge in [-0.05, 0) is 10.8 Å². The van der Waals surface area contributed by atoms with Gasteiger partial charge in [0.1, 0.15) is 6.10 Å². The van der Waals surface area contributed by atoms with Crippen molar-refractivity contribution >= 4 is 22.5 Å². The van der Waals surface area contributed by atoms with Crippen molar-refractivity contribution in [3.8, 4) is 0 Å². The lowest BCUT2D eigenvalue weighted by molar-refractivity contribution is -0.143. The first kappa shape index (κ1) is 11.7. The molecule has 0 amide bonds. The van der Waals surface area contributed by atoms with Gasteiger partial charge in [-0.1, -0.05) is 43.0 Å². The number of benzene rings is 2. The maximum absolute atomic E-state index is 12.1. The Morgan fingerprint density at radius 3 is 2.74 bits per heavy atom. The van der Waals surface area contributed by atoms with Crippen LogP contribution in [0.25, 0.3) is 10.8 Å². The molecular formula is C16H12O3. The summed E-state index contributed by atoms with van der Waals surface area (Å²) < 4.78 is 5.28.